The number of carbonyl (C=O) groups is 4. The summed E-state index contributed by atoms with van der Waals surface area (Å²) in [5, 5.41) is 0. The van der Waals surface area contributed by atoms with E-state index in [1.165, 1.54) is 24.3 Å². The van der Waals surface area contributed by atoms with Gasteiger partial charge in [-0.05, 0) is 6.42 Å². The lowest BCUT2D eigenvalue weighted by molar-refractivity contribution is -0.167. The third-order valence-corrected chi connectivity index (χ3v) is 4.29. The molecule has 1 aliphatic rings. The summed E-state index contributed by atoms with van der Waals surface area (Å²) in [4.78, 5) is 50.4. The first-order chi connectivity index (χ1) is 13.9. The average Bonchev–Trinajstić information content (AvgIpc) is 3.13. The fraction of sp³-hybridized carbons (Fsp3) is 0.429. The lowest BCUT2D eigenvalue weighted by Gasteiger charge is -2.22. The Morgan fingerprint density at radius 3 is 1.14 bits per heavy atom. The first kappa shape index (κ1) is 23.9. The molecule has 1 rings (SSSR count). The van der Waals surface area contributed by atoms with Crippen LogP contribution in [-0.2, 0) is 38.1 Å². The summed E-state index contributed by atoms with van der Waals surface area (Å²) in [5.41, 5.74) is 0. The number of esters is 4. The van der Waals surface area contributed by atoms with E-state index in [0.717, 1.165) is 0 Å². The standard InChI is InChI=1S/C21H26O8/c1-5-9-26-18(22)14-13-15(19(23)27-10-6-2)17(21(25)29-12-8-4)16(14)20(24)28-11-7-3/h5-8,14-17H,1-4,9-13H2/t14-,15?,16-,17?/m1/s1. The van der Waals surface area contributed by atoms with Crippen LogP contribution in [0.3, 0.4) is 0 Å². The molecule has 29 heavy (non-hydrogen) atoms. The van der Waals surface area contributed by atoms with Crippen molar-refractivity contribution in [2.24, 2.45) is 23.7 Å². The third kappa shape index (κ3) is 6.44. The molecule has 1 saturated carbocycles. The molecule has 8 nitrogen and oxygen atoms in total. The predicted octanol–water partition coefficient (Wildman–Crippen LogP) is 1.77. The second-order valence-electron chi connectivity index (χ2n) is 6.18. The number of ether oxygens (including phenoxy) is 4. The molecule has 8 heteroatoms. The highest BCUT2D eigenvalue weighted by molar-refractivity contribution is 5.93. The summed E-state index contributed by atoms with van der Waals surface area (Å²) in [5.74, 6) is -7.87. The Balaban J connectivity index is 3.28. The van der Waals surface area contributed by atoms with E-state index in [-0.39, 0.29) is 32.8 Å². The molecule has 0 aromatic carbocycles. The van der Waals surface area contributed by atoms with E-state index >= 15 is 0 Å². The van der Waals surface area contributed by atoms with Crippen LogP contribution in [0.1, 0.15) is 6.42 Å². The van der Waals surface area contributed by atoms with Crippen molar-refractivity contribution < 1.29 is 38.1 Å². The second-order valence-corrected chi connectivity index (χ2v) is 6.18. The summed E-state index contributed by atoms with van der Waals surface area (Å²) in [6.07, 6.45) is 5.29. The number of rotatable bonds is 12. The van der Waals surface area contributed by atoms with Gasteiger partial charge in [0.1, 0.15) is 26.4 Å². The topological polar surface area (TPSA) is 105 Å². The van der Waals surface area contributed by atoms with Crippen molar-refractivity contribution in [3.05, 3.63) is 50.6 Å². The van der Waals surface area contributed by atoms with Crippen LogP contribution in [0.5, 0.6) is 0 Å². The van der Waals surface area contributed by atoms with E-state index in [4.69, 9.17) is 18.9 Å². The van der Waals surface area contributed by atoms with E-state index in [1.807, 2.05) is 0 Å². The van der Waals surface area contributed by atoms with E-state index < -0.39 is 47.5 Å². The zero-order valence-electron chi connectivity index (χ0n) is 16.2. The maximum atomic E-state index is 12.7. The molecular formula is C21H26O8. The van der Waals surface area contributed by atoms with Crippen LogP contribution in [0.25, 0.3) is 0 Å². The Labute approximate surface area is 169 Å². The molecule has 158 valence electrons. The molecule has 0 amide bonds. The number of hydrogen-bond acceptors (Lipinski definition) is 8. The average molecular weight is 406 g/mol. The van der Waals surface area contributed by atoms with Gasteiger partial charge < -0.3 is 18.9 Å². The van der Waals surface area contributed by atoms with E-state index in [1.54, 1.807) is 0 Å². The molecule has 0 radical (unpaired) electrons. The van der Waals surface area contributed by atoms with Crippen LogP contribution >= 0.6 is 0 Å². The predicted molar refractivity (Wildman–Crippen MR) is 103 cm³/mol. The zero-order valence-corrected chi connectivity index (χ0v) is 16.2. The normalized spacial score (nSPS) is 22.6. The molecule has 0 spiro atoms. The molecule has 0 saturated heterocycles. The van der Waals surface area contributed by atoms with Gasteiger partial charge in [0.05, 0.1) is 23.7 Å². The van der Waals surface area contributed by atoms with Crippen molar-refractivity contribution in [3.8, 4) is 0 Å². The Hall–Kier alpha value is -3.16. The molecule has 0 aromatic heterocycles. The van der Waals surface area contributed by atoms with E-state index in [2.05, 4.69) is 26.3 Å². The SMILES string of the molecule is C=CCOC(=O)C1C[C@@H](C(=O)OCC=C)[C@@H](C(=O)OCC=C)C1C(=O)OCC=C. The Kier molecular flexibility index (Phi) is 10.2. The molecule has 0 heterocycles. The third-order valence-electron chi connectivity index (χ3n) is 4.29. The summed E-state index contributed by atoms with van der Waals surface area (Å²) >= 11 is 0. The zero-order chi connectivity index (χ0) is 21.8. The van der Waals surface area contributed by atoms with Crippen molar-refractivity contribution >= 4 is 23.9 Å². The van der Waals surface area contributed by atoms with Crippen LogP contribution in [0.15, 0.2) is 50.6 Å². The van der Waals surface area contributed by atoms with Crippen LogP contribution in [-0.4, -0.2) is 50.3 Å². The molecule has 0 aliphatic heterocycles. The van der Waals surface area contributed by atoms with Gasteiger partial charge in [-0.3, -0.25) is 19.2 Å². The number of hydrogen-bond donors (Lipinski definition) is 0. The van der Waals surface area contributed by atoms with Gasteiger partial charge in [-0.25, -0.2) is 0 Å². The molecule has 0 N–H and O–H groups in total. The van der Waals surface area contributed by atoms with Gasteiger partial charge in [-0.2, -0.15) is 0 Å². The Morgan fingerprint density at radius 2 is 0.862 bits per heavy atom. The lowest BCUT2D eigenvalue weighted by Crippen LogP contribution is -2.38. The van der Waals surface area contributed by atoms with Gasteiger partial charge in [0.15, 0.2) is 0 Å². The fourth-order valence-electron chi connectivity index (χ4n) is 3.15. The van der Waals surface area contributed by atoms with Gasteiger partial charge in [0.25, 0.3) is 0 Å². The highest BCUT2D eigenvalue weighted by atomic mass is 16.6. The number of carbonyl (C=O) groups excluding carboxylic acids is 4. The molecule has 0 aromatic rings. The molecular weight excluding hydrogens is 380 g/mol. The minimum absolute atomic E-state index is 0.0824. The smallest absolute Gasteiger partial charge is 0.311 e. The van der Waals surface area contributed by atoms with E-state index in [0.29, 0.717) is 0 Å². The molecule has 1 aliphatic carbocycles. The minimum Gasteiger partial charge on any atom is -0.461 e. The fourth-order valence-corrected chi connectivity index (χ4v) is 3.15. The molecule has 4 atom stereocenters. The first-order valence-corrected chi connectivity index (χ1v) is 9.02. The second kappa shape index (κ2) is 12.3. The van der Waals surface area contributed by atoms with Crippen molar-refractivity contribution in [1.29, 1.82) is 0 Å². The van der Waals surface area contributed by atoms with E-state index in [9.17, 15) is 19.2 Å². The van der Waals surface area contributed by atoms with Gasteiger partial charge in [-0.1, -0.05) is 50.6 Å². The summed E-state index contributed by atoms with van der Waals surface area (Å²) in [7, 11) is 0. The molecule has 2 unspecified atom stereocenters. The van der Waals surface area contributed by atoms with Crippen molar-refractivity contribution in [3.63, 3.8) is 0 Å². The van der Waals surface area contributed by atoms with Crippen LogP contribution in [0.2, 0.25) is 0 Å². The van der Waals surface area contributed by atoms with Crippen molar-refractivity contribution in [1.82, 2.24) is 0 Å². The Bertz CT molecular complexity index is 610. The Morgan fingerprint density at radius 1 is 0.586 bits per heavy atom. The first-order valence-electron chi connectivity index (χ1n) is 9.02. The highest BCUT2D eigenvalue weighted by Crippen LogP contribution is 2.44. The minimum atomic E-state index is -1.27. The van der Waals surface area contributed by atoms with Crippen molar-refractivity contribution in [2.45, 2.75) is 6.42 Å². The quantitative estimate of drug-likeness (QED) is 0.274. The monoisotopic (exact) mass is 406 g/mol. The van der Waals surface area contributed by atoms with Crippen LogP contribution in [0, 0.1) is 23.7 Å². The molecule has 0 bridgehead atoms. The van der Waals surface area contributed by atoms with Gasteiger partial charge in [-0.15, -0.1) is 0 Å². The van der Waals surface area contributed by atoms with Crippen LogP contribution in [0.4, 0.5) is 0 Å². The maximum absolute atomic E-state index is 12.7. The van der Waals surface area contributed by atoms with Gasteiger partial charge in [0, 0.05) is 0 Å². The largest absolute Gasteiger partial charge is 0.461 e. The highest BCUT2D eigenvalue weighted by Gasteiger charge is 2.58. The summed E-state index contributed by atoms with van der Waals surface area (Å²) in [6, 6.07) is 0. The van der Waals surface area contributed by atoms with Gasteiger partial charge >= 0.3 is 23.9 Å². The summed E-state index contributed by atoms with van der Waals surface area (Å²) in [6.45, 7) is 13.4. The van der Waals surface area contributed by atoms with Crippen LogP contribution < -0.4 is 0 Å². The van der Waals surface area contributed by atoms with Crippen molar-refractivity contribution in [2.75, 3.05) is 26.4 Å². The molecule has 1 fully saturated rings. The lowest BCUT2D eigenvalue weighted by atomic mass is 9.86. The summed E-state index contributed by atoms with van der Waals surface area (Å²) < 4.78 is 20.3. The maximum Gasteiger partial charge on any atom is 0.311 e. The van der Waals surface area contributed by atoms with Gasteiger partial charge in [0.2, 0.25) is 0 Å².